The van der Waals surface area contributed by atoms with Crippen molar-refractivity contribution in [3.05, 3.63) is 63.0 Å². The van der Waals surface area contributed by atoms with E-state index in [9.17, 15) is 14.4 Å². The molecule has 2 aliphatic heterocycles. The standard InChI is InChI=1S/C26H26BrN3O6S/c1-3-30-25(33)22(14-17-7-8-21(20(27)13-17)36-16-23(31)34-2)37-26(30)28-19-6-4-5-18(15-19)24(32)29-9-11-35-12-10-29/h4-8,13-15H,3,9-12,16H2,1-2H3/b22-14+,28-26?. The van der Waals surface area contributed by atoms with Crippen LogP contribution in [-0.2, 0) is 19.1 Å². The molecule has 2 aromatic carbocycles. The number of carbonyl (C=O) groups excluding carboxylic acids is 3. The molecule has 0 atom stereocenters. The van der Waals surface area contributed by atoms with Crippen LogP contribution in [0.3, 0.4) is 0 Å². The van der Waals surface area contributed by atoms with Crippen LogP contribution in [0.1, 0.15) is 22.8 Å². The monoisotopic (exact) mass is 587 g/mol. The summed E-state index contributed by atoms with van der Waals surface area (Å²) in [6.45, 7) is 4.34. The minimum Gasteiger partial charge on any atom is -0.481 e. The molecule has 2 fully saturated rings. The molecule has 2 aliphatic rings. The molecule has 0 aliphatic carbocycles. The molecule has 0 unspecified atom stereocenters. The van der Waals surface area contributed by atoms with Gasteiger partial charge in [-0.1, -0.05) is 12.1 Å². The highest BCUT2D eigenvalue weighted by molar-refractivity contribution is 9.10. The van der Waals surface area contributed by atoms with E-state index in [1.807, 2.05) is 13.0 Å². The van der Waals surface area contributed by atoms with Crippen molar-refractivity contribution in [1.82, 2.24) is 9.80 Å². The lowest BCUT2D eigenvalue weighted by atomic mass is 10.1. The number of halogens is 1. The number of esters is 1. The van der Waals surface area contributed by atoms with Crippen LogP contribution < -0.4 is 4.74 Å². The average molecular weight is 588 g/mol. The maximum atomic E-state index is 13.1. The van der Waals surface area contributed by atoms with E-state index in [0.717, 1.165) is 5.56 Å². The van der Waals surface area contributed by atoms with Gasteiger partial charge in [-0.05, 0) is 76.6 Å². The third-order valence-corrected chi connectivity index (χ3v) is 7.27. The number of amidine groups is 1. The number of hydrogen-bond donors (Lipinski definition) is 0. The molecule has 4 rings (SSSR count). The molecule has 2 heterocycles. The molecule has 2 saturated heterocycles. The summed E-state index contributed by atoms with van der Waals surface area (Å²) in [7, 11) is 1.30. The molecule has 0 aromatic heterocycles. The number of amides is 2. The Morgan fingerprint density at radius 2 is 1.97 bits per heavy atom. The molecule has 0 saturated carbocycles. The highest BCUT2D eigenvalue weighted by atomic mass is 79.9. The van der Waals surface area contributed by atoms with Gasteiger partial charge in [0.15, 0.2) is 11.8 Å². The minimum atomic E-state index is -0.478. The molecule has 0 spiro atoms. The molecule has 0 radical (unpaired) electrons. The van der Waals surface area contributed by atoms with Gasteiger partial charge in [-0.25, -0.2) is 9.79 Å². The number of methoxy groups -OCH3 is 1. The lowest BCUT2D eigenvalue weighted by Crippen LogP contribution is -2.40. The smallest absolute Gasteiger partial charge is 0.343 e. The molecule has 37 heavy (non-hydrogen) atoms. The Balaban J connectivity index is 1.52. The predicted octanol–water partition coefficient (Wildman–Crippen LogP) is 4.10. The Kier molecular flexibility index (Phi) is 9.01. The number of ether oxygens (including phenoxy) is 3. The van der Waals surface area contributed by atoms with Crippen LogP contribution in [0, 0.1) is 0 Å². The lowest BCUT2D eigenvalue weighted by molar-refractivity contribution is -0.142. The fourth-order valence-corrected chi connectivity index (χ4v) is 5.28. The van der Waals surface area contributed by atoms with Crippen molar-refractivity contribution in [3.8, 4) is 5.75 Å². The van der Waals surface area contributed by atoms with Gasteiger partial charge in [-0.15, -0.1) is 0 Å². The van der Waals surface area contributed by atoms with Crippen LogP contribution in [0.2, 0.25) is 0 Å². The van der Waals surface area contributed by atoms with Gasteiger partial charge < -0.3 is 19.1 Å². The second-order valence-corrected chi connectivity index (χ2v) is 9.93. The zero-order valence-corrected chi connectivity index (χ0v) is 22.8. The van der Waals surface area contributed by atoms with Crippen LogP contribution in [0.4, 0.5) is 5.69 Å². The first-order valence-corrected chi connectivity index (χ1v) is 13.3. The zero-order chi connectivity index (χ0) is 26.4. The van der Waals surface area contributed by atoms with Crippen molar-refractivity contribution in [2.24, 2.45) is 4.99 Å². The summed E-state index contributed by atoms with van der Waals surface area (Å²) in [4.78, 5) is 45.9. The maximum Gasteiger partial charge on any atom is 0.343 e. The first-order valence-electron chi connectivity index (χ1n) is 11.7. The van der Waals surface area contributed by atoms with E-state index in [-0.39, 0.29) is 18.4 Å². The largest absolute Gasteiger partial charge is 0.481 e. The molecule has 194 valence electrons. The van der Waals surface area contributed by atoms with Gasteiger partial charge in [-0.2, -0.15) is 0 Å². The number of carbonyl (C=O) groups is 3. The van der Waals surface area contributed by atoms with E-state index in [0.29, 0.717) is 64.4 Å². The van der Waals surface area contributed by atoms with E-state index in [1.54, 1.807) is 52.3 Å². The van der Waals surface area contributed by atoms with E-state index in [4.69, 9.17) is 14.5 Å². The number of benzene rings is 2. The van der Waals surface area contributed by atoms with E-state index < -0.39 is 5.97 Å². The van der Waals surface area contributed by atoms with Crippen LogP contribution in [0.15, 0.2) is 56.8 Å². The van der Waals surface area contributed by atoms with Gasteiger partial charge in [-0.3, -0.25) is 14.5 Å². The Morgan fingerprint density at radius 3 is 2.68 bits per heavy atom. The number of hydrogen-bond acceptors (Lipinski definition) is 8. The van der Waals surface area contributed by atoms with Crippen molar-refractivity contribution in [2.45, 2.75) is 6.92 Å². The third kappa shape index (κ3) is 6.60. The van der Waals surface area contributed by atoms with Crippen molar-refractivity contribution >= 4 is 62.4 Å². The van der Waals surface area contributed by atoms with Gasteiger partial charge in [0.1, 0.15) is 5.75 Å². The zero-order valence-electron chi connectivity index (χ0n) is 20.4. The second-order valence-electron chi connectivity index (χ2n) is 8.06. The van der Waals surface area contributed by atoms with Crippen molar-refractivity contribution in [1.29, 1.82) is 0 Å². The number of aliphatic imine (C=N–C) groups is 1. The third-order valence-electron chi connectivity index (χ3n) is 5.65. The van der Waals surface area contributed by atoms with Crippen molar-refractivity contribution < 1.29 is 28.6 Å². The molecule has 9 nitrogen and oxygen atoms in total. The van der Waals surface area contributed by atoms with Gasteiger partial charge >= 0.3 is 5.97 Å². The summed E-state index contributed by atoms with van der Waals surface area (Å²) in [5, 5.41) is 0.548. The number of nitrogens with zero attached hydrogens (tertiary/aromatic N) is 3. The molecule has 2 amide bonds. The maximum absolute atomic E-state index is 13.1. The van der Waals surface area contributed by atoms with Gasteiger partial charge in [0.25, 0.3) is 11.8 Å². The van der Waals surface area contributed by atoms with Crippen LogP contribution in [-0.4, -0.2) is 79.3 Å². The Labute approximate surface area is 227 Å². The fraction of sp³-hybridized carbons (Fsp3) is 0.308. The molecular weight excluding hydrogens is 562 g/mol. The van der Waals surface area contributed by atoms with Crippen LogP contribution in [0.5, 0.6) is 5.75 Å². The Hall–Kier alpha value is -3.15. The molecule has 11 heteroatoms. The fourth-order valence-electron chi connectivity index (χ4n) is 3.71. The van der Waals surface area contributed by atoms with Crippen LogP contribution in [0.25, 0.3) is 6.08 Å². The molecular formula is C26H26BrN3O6S. The Bertz CT molecular complexity index is 1260. The summed E-state index contributed by atoms with van der Waals surface area (Å²) in [5.74, 6) is -0.192. The molecule has 2 aromatic rings. The lowest BCUT2D eigenvalue weighted by Gasteiger charge is -2.26. The van der Waals surface area contributed by atoms with Crippen molar-refractivity contribution in [3.63, 3.8) is 0 Å². The van der Waals surface area contributed by atoms with Gasteiger partial charge in [0.2, 0.25) is 0 Å². The van der Waals surface area contributed by atoms with Gasteiger partial charge in [0.05, 0.1) is 35.4 Å². The Morgan fingerprint density at radius 1 is 1.19 bits per heavy atom. The number of rotatable bonds is 7. The van der Waals surface area contributed by atoms with E-state index in [2.05, 4.69) is 20.7 Å². The summed E-state index contributed by atoms with van der Waals surface area (Å²) in [6.07, 6.45) is 1.78. The average Bonchev–Trinajstić information content (AvgIpc) is 3.21. The molecule has 0 N–H and O–H groups in total. The normalized spacial score (nSPS) is 18.0. The number of likely N-dealkylation sites (N-methyl/N-ethyl adjacent to an activating group) is 1. The minimum absolute atomic E-state index is 0.0574. The quantitative estimate of drug-likeness (QED) is 0.355. The number of morpholine rings is 1. The molecule has 0 bridgehead atoms. The second kappa shape index (κ2) is 12.4. The SMILES string of the molecule is CCN1C(=O)/C(=C\c2ccc(OCC(=O)OC)c(Br)c2)SC1=Nc1cccc(C(=O)N2CCOCC2)c1. The first kappa shape index (κ1) is 26.9. The topological polar surface area (TPSA) is 97.7 Å². The summed E-state index contributed by atoms with van der Waals surface area (Å²) in [6, 6.07) is 12.4. The van der Waals surface area contributed by atoms with E-state index in [1.165, 1.54) is 18.9 Å². The highest BCUT2D eigenvalue weighted by Gasteiger charge is 2.32. The predicted molar refractivity (Wildman–Crippen MR) is 145 cm³/mol. The summed E-state index contributed by atoms with van der Waals surface area (Å²) < 4.78 is 16.0. The van der Waals surface area contributed by atoms with E-state index >= 15 is 0 Å². The van der Waals surface area contributed by atoms with Crippen LogP contribution >= 0.6 is 27.7 Å². The number of thioether (sulfide) groups is 1. The van der Waals surface area contributed by atoms with Gasteiger partial charge in [0, 0.05) is 25.2 Å². The summed E-state index contributed by atoms with van der Waals surface area (Å²) in [5.41, 5.74) is 1.93. The first-order chi connectivity index (χ1) is 17.9. The highest BCUT2D eigenvalue weighted by Crippen LogP contribution is 2.35. The van der Waals surface area contributed by atoms with Crippen molar-refractivity contribution in [2.75, 3.05) is 46.6 Å². The summed E-state index contributed by atoms with van der Waals surface area (Å²) >= 11 is 4.72.